The summed E-state index contributed by atoms with van der Waals surface area (Å²) in [6.45, 7) is 1.76. The van der Waals surface area contributed by atoms with Gasteiger partial charge in [-0.15, -0.1) is 0 Å². The predicted octanol–water partition coefficient (Wildman–Crippen LogP) is 2.61. The van der Waals surface area contributed by atoms with Crippen LogP contribution in [0.4, 0.5) is 4.39 Å². The van der Waals surface area contributed by atoms with E-state index in [2.05, 4.69) is 0 Å². The number of carbonyl (C=O) groups is 1. The minimum atomic E-state index is -3.88. The molecule has 0 radical (unpaired) electrons. The molecule has 1 aromatic carbocycles. The zero-order valence-electron chi connectivity index (χ0n) is 11.0. The molecule has 4 nitrogen and oxygen atoms in total. The molecule has 1 heterocycles. The first kappa shape index (κ1) is 15.4. The summed E-state index contributed by atoms with van der Waals surface area (Å²) in [6.07, 6.45) is 1.49. The van der Waals surface area contributed by atoms with E-state index < -0.39 is 15.8 Å². The summed E-state index contributed by atoms with van der Waals surface area (Å²) >= 11 is 5.87. The van der Waals surface area contributed by atoms with E-state index in [1.54, 1.807) is 0 Å². The van der Waals surface area contributed by atoms with Crippen LogP contribution in [-0.2, 0) is 14.8 Å². The van der Waals surface area contributed by atoms with Gasteiger partial charge in [0.15, 0.2) is 0 Å². The van der Waals surface area contributed by atoms with Crippen LogP contribution in [0.25, 0.3) is 0 Å². The highest BCUT2D eigenvalue weighted by Gasteiger charge is 2.36. The van der Waals surface area contributed by atoms with Crippen molar-refractivity contribution >= 4 is 27.4 Å². The average Bonchev–Trinajstić information content (AvgIpc) is 2.80. The molecule has 1 aliphatic heterocycles. The molecule has 7 heteroatoms. The molecule has 20 heavy (non-hydrogen) atoms. The first-order valence-electron chi connectivity index (χ1n) is 6.28. The SMILES string of the molecule is CC(=O)CC1CCCN1S(=O)(=O)c1cc(F)ccc1Cl. The second kappa shape index (κ2) is 5.79. The topological polar surface area (TPSA) is 54.5 Å². The smallest absolute Gasteiger partial charge is 0.244 e. The van der Waals surface area contributed by atoms with Gasteiger partial charge >= 0.3 is 0 Å². The molecule has 0 spiro atoms. The van der Waals surface area contributed by atoms with Crippen LogP contribution in [0.1, 0.15) is 26.2 Å². The molecule has 110 valence electrons. The van der Waals surface area contributed by atoms with E-state index in [0.717, 1.165) is 12.1 Å². The van der Waals surface area contributed by atoms with Crippen LogP contribution >= 0.6 is 11.6 Å². The van der Waals surface area contributed by atoms with Crippen LogP contribution in [0.15, 0.2) is 23.1 Å². The summed E-state index contributed by atoms with van der Waals surface area (Å²) in [7, 11) is -3.88. The molecule has 1 atom stereocenters. The second-order valence-corrected chi connectivity index (χ2v) is 7.16. The highest BCUT2D eigenvalue weighted by atomic mass is 35.5. The van der Waals surface area contributed by atoms with Gasteiger partial charge in [-0.1, -0.05) is 11.6 Å². The number of hydrogen-bond acceptors (Lipinski definition) is 3. The fourth-order valence-corrected chi connectivity index (χ4v) is 4.64. The van der Waals surface area contributed by atoms with Crippen molar-refractivity contribution in [2.24, 2.45) is 0 Å². The fourth-order valence-electron chi connectivity index (χ4n) is 2.46. The van der Waals surface area contributed by atoms with Crippen LogP contribution < -0.4 is 0 Å². The normalized spacial score (nSPS) is 20.2. The van der Waals surface area contributed by atoms with Crippen molar-refractivity contribution in [3.63, 3.8) is 0 Å². The van der Waals surface area contributed by atoms with E-state index in [0.29, 0.717) is 19.4 Å². The van der Waals surface area contributed by atoms with Crippen molar-refractivity contribution < 1.29 is 17.6 Å². The van der Waals surface area contributed by atoms with Crippen molar-refractivity contribution in [2.45, 2.75) is 37.1 Å². The summed E-state index contributed by atoms with van der Waals surface area (Å²) in [4.78, 5) is 11.0. The number of sulfonamides is 1. The van der Waals surface area contributed by atoms with Crippen molar-refractivity contribution in [2.75, 3.05) is 6.54 Å². The van der Waals surface area contributed by atoms with Gasteiger partial charge in [0, 0.05) is 19.0 Å². The maximum atomic E-state index is 13.3. The molecule has 1 aliphatic rings. The Balaban J connectivity index is 2.39. The lowest BCUT2D eigenvalue weighted by molar-refractivity contribution is -0.117. The molecule has 1 fully saturated rings. The Kier molecular flexibility index (Phi) is 4.46. The van der Waals surface area contributed by atoms with E-state index in [4.69, 9.17) is 11.6 Å². The van der Waals surface area contributed by atoms with Gasteiger partial charge in [-0.2, -0.15) is 4.31 Å². The van der Waals surface area contributed by atoms with Crippen molar-refractivity contribution in [1.29, 1.82) is 0 Å². The Hall–Kier alpha value is -0.980. The van der Waals surface area contributed by atoms with Gasteiger partial charge in [0.05, 0.1) is 5.02 Å². The van der Waals surface area contributed by atoms with Gasteiger partial charge in [0.25, 0.3) is 0 Å². The van der Waals surface area contributed by atoms with Crippen LogP contribution in [0.5, 0.6) is 0 Å². The van der Waals surface area contributed by atoms with Gasteiger partial charge in [0.2, 0.25) is 10.0 Å². The fraction of sp³-hybridized carbons (Fsp3) is 0.462. The maximum Gasteiger partial charge on any atom is 0.244 e. The lowest BCUT2D eigenvalue weighted by atomic mass is 10.1. The summed E-state index contributed by atoms with van der Waals surface area (Å²) < 4.78 is 39.7. The van der Waals surface area contributed by atoms with Crippen molar-refractivity contribution in [3.05, 3.63) is 29.0 Å². The number of carbonyl (C=O) groups excluding carboxylic acids is 1. The molecular formula is C13H15ClFNO3S. The molecule has 0 amide bonds. The minimum absolute atomic E-state index is 0.0140. The van der Waals surface area contributed by atoms with Crippen LogP contribution in [-0.4, -0.2) is 31.1 Å². The largest absolute Gasteiger partial charge is 0.300 e. The van der Waals surface area contributed by atoms with E-state index in [9.17, 15) is 17.6 Å². The first-order valence-corrected chi connectivity index (χ1v) is 8.10. The number of benzene rings is 1. The molecule has 2 rings (SSSR count). The third-order valence-electron chi connectivity index (χ3n) is 3.33. The number of ketones is 1. The van der Waals surface area contributed by atoms with Crippen molar-refractivity contribution in [3.8, 4) is 0 Å². The Labute approximate surface area is 122 Å². The zero-order valence-corrected chi connectivity index (χ0v) is 12.5. The lowest BCUT2D eigenvalue weighted by Gasteiger charge is -2.23. The second-order valence-electron chi connectivity index (χ2n) is 4.89. The quantitative estimate of drug-likeness (QED) is 0.857. The highest BCUT2D eigenvalue weighted by Crippen LogP contribution is 2.31. The molecule has 1 unspecified atom stereocenters. The van der Waals surface area contributed by atoms with E-state index in [1.807, 2.05) is 0 Å². The standard InChI is InChI=1S/C13H15ClFNO3S/c1-9(17)7-11-3-2-6-16(11)20(18,19)13-8-10(15)4-5-12(13)14/h4-5,8,11H,2-3,6-7H2,1H3. The Morgan fingerprint density at radius 1 is 1.50 bits per heavy atom. The first-order chi connectivity index (χ1) is 9.32. The van der Waals surface area contributed by atoms with Crippen LogP contribution in [0.3, 0.4) is 0 Å². The number of halogens is 2. The third-order valence-corrected chi connectivity index (χ3v) is 5.76. The summed E-state index contributed by atoms with van der Waals surface area (Å²) in [5.41, 5.74) is 0. The van der Waals surface area contributed by atoms with Crippen molar-refractivity contribution in [1.82, 2.24) is 4.31 Å². The summed E-state index contributed by atoms with van der Waals surface area (Å²) in [6, 6.07) is 2.88. The molecule has 0 aliphatic carbocycles. The minimum Gasteiger partial charge on any atom is -0.300 e. The molecular weight excluding hydrogens is 305 g/mol. The number of Topliss-reactive ketones (excluding diaryl/α,β-unsaturated/α-hetero) is 1. The maximum absolute atomic E-state index is 13.3. The van der Waals surface area contributed by atoms with Gasteiger partial charge in [0.1, 0.15) is 16.5 Å². The number of nitrogens with zero attached hydrogens (tertiary/aromatic N) is 1. The van der Waals surface area contributed by atoms with Gasteiger partial charge in [-0.05, 0) is 38.0 Å². The van der Waals surface area contributed by atoms with E-state index in [1.165, 1.54) is 17.3 Å². The van der Waals surface area contributed by atoms with Crippen LogP contribution in [0, 0.1) is 5.82 Å². The van der Waals surface area contributed by atoms with Gasteiger partial charge < -0.3 is 0 Å². The van der Waals surface area contributed by atoms with Gasteiger partial charge in [-0.25, -0.2) is 12.8 Å². The lowest BCUT2D eigenvalue weighted by Crippen LogP contribution is -2.36. The highest BCUT2D eigenvalue weighted by molar-refractivity contribution is 7.89. The molecule has 0 saturated carbocycles. The zero-order chi connectivity index (χ0) is 14.9. The number of rotatable bonds is 4. The summed E-state index contributed by atoms with van der Waals surface area (Å²) in [5, 5.41) is -0.0140. The van der Waals surface area contributed by atoms with Crippen LogP contribution in [0.2, 0.25) is 5.02 Å². The summed E-state index contributed by atoms with van der Waals surface area (Å²) in [5.74, 6) is -0.724. The Morgan fingerprint density at radius 2 is 2.20 bits per heavy atom. The average molecular weight is 320 g/mol. The van der Waals surface area contributed by atoms with E-state index >= 15 is 0 Å². The molecule has 0 bridgehead atoms. The molecule has 1 aromatic rings. The molecule has 1 saturated heterocycles. The molecule has 0 aromatic heterocycles. The van der Waals surface area contributed by atoms with E-state index in [-0.39, 0.29) is 28.2 Å². The third kappa shape index (κ3) is 3.02. The monoisotopic (exact) mass is 319 g/mol. The molecule has 0 N–H and O–H groups in total. The Bertz CT molecular complexity index is 633. The Morgan fingerprint density at radius 3 is 2.85 bits per heavy atom. The predicted molar refractivity (Wildman–Crippen MR) is 73.6 cm³/mol. The van der Waals surface area contributed by atoms with Gasteiger partial charge in [-0.3, -0.25) is 4.79 Å². The number of hydrogen-bond donors (Lipinski definition) is 0.